The molecule has 1 aliphatic rings. The Balaban J connectivity index is 2.05. The van der Waals surface area contributed by atoms with Crippen molar-refractivity contribution in [3.63, 3.8) is 0 Å². The topological polar surface area (TPSA) is 139 Å². The fourth-order valence-corrected chi connectivity index (χ4v) is 3.62. The molecule has 25 heavy (non-hydrogen) atoms. The number of aromatic hydroxyl groups is 1. The highest BCUT2D eigenvalue weighted by atomic mass is 32.2. The minimum atomic E-state index is -4.27. The summed E-state index contributed by atoms with van der Waals surface area (Å²) in [6.45, 7) is -0.635. The van der Waals surface area contributed by atoms with Gasteiger partial charge >= 0.3 is 10.2 Å². The molecule has 1 aliphatic heterocycles. The van der Waals surface area contributed by atoms with E-state index in [2.05, 4.69) is 10.2 Å². The molecule has 0 saturated carbocycles. The first kappa shape index (κ1) is 16.7. The maximum absolute atomic E-state index is 14.9. The number of phenols is 1. The summed E-state index contributed by atoms with van der Waals surface area (Å²) in [6, 6.07) is 5.87. The normalized spacial score (nSPS) is 15.8. The first-order valence-electron chi connectivity index (χ1n) is 7.10. The zero-order valence-corrected chi connectivity index (χ0v) is 13.5. The Morgan fingerprint density at radius 2 is 2.20 bits per heavy atom. The van der Waals surface area contributed by atoms with Crippen molar-refractivity contribution in [2.24, 2.45) is 0 Å². The van der Waals surface area contributed by atoms with Crippen LogP contribution in [0.25, 0.3) is 11.3 Å². The van der Waals surface area contributed by atoms with Crippen molar-refractivity contribution in [2.75, 3.05) is 10.8 Å². The SMILES string of the molecule is N#CCCc1cc(-c2ccc(O)c(N3CC(=O)NS3(=O)=O)c2F)n[nH]1. The van der Waals surface area contributed by atoms with E-state index in [-0.39, 0.29) is 17.7 Å². The molecule has 2 heterocycles. The smallest absolute Gasteiger partial charge is 0.326 e. The number of aromatic amines is 1. The van der Waals surface area contributed by atoms with Crippen LogP contribution in [-0.2, 0) is 21.4 Å². The molecule has 2 aromatic rings. The lowest BCUT2D eigenvalue weighted by atomic mass is 10.1. The van der Waals surface area contributed by atoms with Gasteiger partial charge in [-0.3, -0.25) is 9.89 Å². The monoisotopic (exact) mass is 365 g/mol. The number of hydrogen-bond donors (Lipinski definition) is 3. The number of H-pyrrole nitrogens is 1. The molecule has 0 atom stereocenters. The van der Waals surface area contributed by atoms with E-state index in [0.29, 0.717) is 16.4 Å². The Kier molecular flexibility index (Phi) is 4.05. The lowest BCUT2D eigenvalue weighted by Crippen LogP contribution is -2.30. The Morgan fingerprint density at radius 1 is 1.44 bits per heavy atom. The molecule has 11 heteroatoms. The van der Waals surface area contributed by atoms with E-state index in [0.717, 1.165) is 6.07 Å². The molecule has 1 aromatic heterocycles. The first-order chi connectivity index (χ1) is 11.8. The van der Waals surface area contributed by atoms with Gasteiger partial charge in [0.1, 0.15) is 18.0 Å². The Hall–Kier alpha value is -3.13. The van der Waals surface area contributed by atoms with Gasteiger partial charge in [0, 0.05) is 24.1 Å². The fraction of sp³-hybridized carbons (Fsp3) is 0.214. The number of aromatic nitrogens is 2. The van der Waals surface area contributed by atoms with Crippen molar-refractivity contribution < 1.29 is 22.7 Å². The number of rotatable bonds is 4. The van der Waals surface area contributed by atoms with Crippen molar-refractivity contribution >= 4 is 21.8 Å². The molecule has 3 rings (SSSR count). The lowest BCUT2D eigenvalue weighted by Gasteiger charge is -2.18. The van der Waals surface area contributed by atoms with E-state index in [1.807, 2.05) is 6.07 Å². The van der Waals surface area contributed by atoms with Gasteiger partial charge in [0.2, 0.25) is 0 Å². The van der Waals surface area contributed by atoms with Crippen molar-refractivity contribution in [1.29, 1.82) is 5.26 Å². The van der Waals surface area contributed by atoms with Gasteiger partial charge in [-0.2, -0.15) is 18.8 Å². The summed E-state index contributed by atoms with van der Waals surface area (Å²) >= 11 is 0. The second-order valence-corrected chi connectivity index (χ2v) is 6.86. The van der Waals surface area contributed by atoms with Crippen LogP contribution in [-0.4, -0.2) is 36.2 Å². The van der Waals surface area contributed by atoms with Gasteiger partial charge in [-0.25, -0.2) is 13.4 Å². The molecule has 0 spiro atoms. The fourth-order valence-electron chi connectivity index (χ4n) is 2.45. The summed E-state index contributed by atoms with van der Waals surface area (Å²) in [7, 11) is -4.27. The number of nitrogens with one attached hydrogen (secondary N) is 2. The summed E-state index contributed by atoms with van der Waals surface area (Å²) in [6.07, 6.45) is 0.653. The molecule has 9 nitrogen and oxygen atoms in total. The van der Waals surface area contributed by atoms with E-state index in [1.165, 1.54) is 12.1 Å². The van der Waals surface area contributed by atoms with E-state index in [4.69, 9.17) is 5.26 Å². The molecule has 0 radical (unpaired) electrons. The maximum atomic E-state index is 14.9. The third kappa shape index (κ3) is 2.99. The largest absolute Gasteiger partial charge is 0.506 e. The standard InChI is InChI=1S/C14H12FN5O4S/c15-13-9(10-6-8(17-18-10)2-1-5-16)3-4-11(21)14(13)20-7-12(22)19-25(20,23)24/h3-4,6,21H,1-2,7H2,(H,17,18)(H,19,22). The van der Waals surface area contributed by atoms with Gasteiger partial charge in [0.05, 0.1) is 11.8 Å². The number of nitrogens with zero attached hydrogens (tertiary/aromatic N) is 3. The summed E-state index contributed by atoms with van der Waals surface area (Å²) in [5.74, 6) is -2.48. The number of carbonyl (C=O) groups excluding carboxylic acids is 1. The molecule has 1 saturated heterocycles. The summed E-state index contributed by atoms with van der Waals surface area (Å²) in [5, 5.41) is 25.1. The van der Waals surface area contributed by atoms with Crippen molar-refractivity contribution in [3.8, 4) is 23.1 Å². The minimum Gasteiger partial charge on any atom is -0.506 e. The zero-order valence-electron chi connectivity index (χ0n) is 12.7. The molecule has 0 aliphatic carbocycles. The molecule has 130 valence electrons. The number of aryl methyl sites for hydroxylation is 1. The van der Waals surface area contributed by atoms with Gasteiger partial charge < -0.3 is 5.11 Å². The van der Waals surface area contributed by atoms with Gasteiger partial charge in [-0.1, -0.05) is 0 Å². The van der Waals surface area contributed by atoms with Gasteiger partial charge in [0.25, 0.3) is 5.91 Å². The lowest BCUT2D eigenvalue weighted by molar-refractivity contribution is -0.117. The number of carbonyl (C=O) groups is 1. The van der Waals surface area contributed by atoms with Crippen LogP contribution >= 0.6 is 0 Å². The van der Waals surface area contributed by atoms with Gasteiger partial charge in [-0.05, 0) is 18.2 Å². The van der Waals surface area contributed by atoms with Crippen LogP contribution in [0.15, 0.2) is 18.2 Å². The Labute approximate surface area is 141 Å². The van der Waals surface area contributed by atoms with Gasteiger partial charge in [0.15, 0.2) is 5.82 Å². The van der Waals surface area contributed by atoms with Crippen LogP contribution in [0.1, 0.15) is 12.1 Å². The first-order valence-corrected chi connectivity index (χ1v) is 8.54. The molecule has 1 fully saturated rings. The zero-order chi connectivity index (χ0) is 18.2. The maximum Gasteiger partial charge on any atom is 0.326 e. The van der Waals surface area contributed by atoms with Crippen LogP contribution in [0, 0.1) is 17.1 Å². The number of hydrogen-bond acceptors (Lipinski definition) is 6. The van der Waals surface area contributed by atoms with Crippen molar-refractivity contribution in [2.45, 2.75) is 12.8 Å². The highest BCUT2D eigenvalue weighted by molar-refractivity contribution is 7.92. The molecule has 1 aromatic carbocycles. The molecule has 0 bridgehead atoms. The quantitative estimate of drug-likeness (QED) is 0.723. The van der Waals surface area contributed by atoms with E-state index in [9.17, 15) is 22.7 Å². The second-order valence-electron chi connectivity index (χ2n) is 5.27. The molecule has 3 N–H and O–H groups in total. The van der Waals surface area contributed by atoms with Gasteiger partial charge in [-0.15, -0.1) is 0 Å². The molecule has 0 unspecified atom stereocenters. The number of amides is 1. The number of benzene rings is 1. The number of halogens is 1. The minimum absolute atomic E-state index is 0.0539. The third-order valence-electron chi connectivity index (χ3n) is 3.58. The van der Waals surface area contributed by atoms with Crippen LogP contribution in [0.4, 0.5) is 10.1 Å². The second kappa shape index (κ2) is 6.06. The van der Waals surface area contributed by atoms with Crippen LogP contribution < -0.4 is 9.03 Å². The van der Waals surface area contributed by atoms with Crippen molar-refractivity contribution in [1.82, 2.24) is 14.9 Å². The number of nitriles is 1. The molecular formula is C14H12FN5O4S. The van der Waals surface area contributed by atoms with E-state index >= 15 is 0 Å². The third-order valence-corrected chi connectivity index (χ3v) is 4.96. The van der Waals surface area contributed by atoms with E-state index in [1.54, 1.807) is 4.72 Å². The van der Waals surface area contributed by atoms with Crippen LogP contribution in [0.3, 0.4) is 0 Å². The number of anilines is 1. The predicted octanol–water partition coefficient (Wildman–Crippen LogP) is 0.559. The van der Waals surface area contributed by atoms with E-state index < -0.39 is 39.9 Å². The average molecular weight is 365 g/mol. The molecular weight excluding hydrogens is 353 g/mol. The number of phenolic OH excluding ortho intramolecular Hbond substituents is 1. The summed E-state index contributed by atoms with van der Waals surface area (Å²) < 4.78 is 40.9. The summed E-state index contributed by atoms with van der Waals surface area (Å²) in [4.78, 5) is 11.3. The van der Waals surface area contributed by atoms with Crippen molar-refractivity contribution in [3.05, 3.63) is 29.7 Å². The summed E-state index contributed by atoms with van der Waals surface area (Å²) in [5.41, 5.74) is 0.109. The Bertz CT molecular complexity index is 995. The highest BCUT2D eigenvalue weighted by Crippen LogP contribution is 2.38. The van der Waals surface area contributed by atoms with Crippen LogP contribution in [0.2, 0.25) is 0 Å². The average Bonchev–Trinajstić information content (AvgIpc) is 3.09. The molecule has 1 amide bonds. The Morgan fingerprint density at radius 3 is 2.84 bits per heavy atom. The predicted molar refractivity (Wildman–Crippen MR) is 84.0 cm³/mol. The van der Waals surface area contributed by atoms with Crippen LogP contribution in [0.5, 0.6) is 5.75 Å². The highest BCUT2D eigenvalue weighted by Gasteiger charge is 2.38.